The summed E-state index contributed by atoms with van der Waals surface area (Å²) in [5.74, 6) is -0.671. The first-order chi connectivity index (χ1) is 11.7. The van der Waals surface area contributed by atoms with Gasteiger partial charge in [-0.2, -0.15) is 0 Å². The molecular formula is C19H17Cl2NO3. The maximum atomic E-state index is 12.6. The van der Waals surface area contributed by atoms with Gasteiger partial charge in [-0.3, -0.25) is 9.59 Å². The van der Waals surface area contributed by atoms with Crippen LogP contribution in [-0.4, -0.2) is 16.8 Å². The molecule has 4 nitrogen and oxygen atoms in total. The Morgan fingerprint density at radius 3 is 2.44 bits per heavy atom. The van der Waals surface area contributed by atoms with Gasteiger partial charge in [0.2, 0.25) is 0 Å². The second-order valence-electron chi connectivity index (χ2n) is 6.50. The fraction of sp³-hybridized carbons (Fsp3) is 0.263. The molecule has 0 aliphatic carbocycles. The molecule has 0 aromatic heterocycles. The van der Waals surface area contributed by atoms with Gasteiger partial charge in [0.05, 0.1) is 17.1 Å². The highest BCUT2D eigenvalue weighted by Crippen LogP contribution is 2.44. The Morgan fingerprint density at radius 1 is 1.20 bits per heavy atom. The van der Waals surface area contributed by atoms with Crippen LogP contribution in [0.25, 0.3) is 0 Å². The smallest absolute Gasteiger partial charge is 0.261 e. The number of benzene rings is 2. The number of nitrogens with one attached hydrogen (secondary N) is 1. The van der Waals surface area contributed by atoms with Crippen LogP contribution >= 0.6 is 23.2 Å². The Morgan fingerprint density at radius 2 is 1.84 bits per heavy atom. The Balaban J connectivity index is 1.92. The SMILES string of the molecule is CC(C)c1ccc(C(=O)C[C@]2(O)C(=O)Nc3cc(Cl)cc(Cl)c32)cc1. The molecule has 0 saturated heterocycles. The molecule has 130 valence electrons. The van der Waals surface area contributed by atoms with Crippen LogP contribution in [0.3, 0.4) is 0 Å². The predicted molar refractivity (Wildman–Crippen MR) is 98.5 cm³/mol. The predicted octanol–water partition coefficient (Wildman–Crippen LogP) is 4.53. The van der Waals surface area contributed by atoms with Crippen molar-refractivity contribution in [2.45, 2.75) is 31.8 Å². The molecular weight excluding hydrogens is 361 g/mol. The van der Waals surface area contributed by atoms with Gasteiger partial charge in [-0.25, -0.2) is 0 Å². The molecule has 0 spiro atoms. The molecule has 1 atom stereocenters. The summed E-state index contributed by atoms with van der Waals surface area (Å²) in [4.78, 5) is 24.9. The first-order valence-corrected chi connectivity index (χ1v) is 8.64. The average Bonchev–Trinajstić information content (AvgIpc) is 2.77. The lowest BCUT2D eigenvalue weighted by Crippen LogP contribution is -2.36. The third-order valence-corrected chi connectivity index (χ3v) is 4.92. The number of carbonyl (C=O) groups is 2. The van der Waals surface area contributed by atoms with Crippen molar-refractivity contribution in [3.8, 4) is 0 Å². The number of ketones is 1. The third-order valence-electron chi connectivity index (χ3n) is 4.41. The minimum absolute atomic E-state index is 0.145. The van der Waals surface area contributed by atoms with E-state index in [0.717, 1.165) is 5.56 Å². The first kappa shape index (κ1) is 17.9. The summed E-state index contributed by atoms with van der Waals surface area (Å²) in [5, 5.41) is 13.9. The molecule has 2 aromatic rings. The lowest BCUT2D eigenvalue weighted by Gasteiger charge is -2.21. The van der Waals surface area contributed by atoms with Gasteiger partial charge in [-0.05, 0) is 23.6 Å². The molecule has 1 amide bonds. The highest BCUT2D eigenvalue weighted by Gasteiger charge is 2.48. The van der Waals surface area contributed by atoms with Crippen LogP contribution in [0.1, 0.15) is 47.7 Å². The van der Waals surface area contributed by atoms with Crippen LogP contribution in [-0.2, 0) is 10.4 Å². The molecule has 3 rings (SSSR count). The normalized spacial score (nSPS) is 19.0. The summed E-state index contributed by atoms with van der Waals surface area (Å²) in [6.45, 7) is 4.12. The van der Waals surface area contributed by atoms with Gasteiger partial charge in [0, 0.05) is 16.1 Å². The second-order valence-corrected chi connectivity index (χ2v) is 7.34. The summed E-state index contributed by atoms with van der Waals surface area (Å²) >= 11 is 12.1. The highest BCUT2D eigenvalue weighted by molar-refractivity contribution is 6.36. The van der Waals surface area contributed by atoms with Crippen LogP contribution in [0.4, 0.5) is 5.69 Å². The van der Waals surface area contributed by atoms with Gasteiger partial charge in [0.25, 0.3) is 5.91 Å². The summed E-state index contributed by atoms with van der Waals surface area (Å²) < 4.78 is 0. The lowest BCUT2D eigenvalue weighted by molar-refractivity contribution is -0.133. The second kappa shape index (κ2) is 6.45. The van der Waals surface area contributed by atoms with Gasteiger partial charge in [0.15, 0.2) is 11.4 Å². The van der Waals surface area contributed by atoms with E-state index < -0.39 is 17.9 Å². The molecule has 25 heavy (non-hydrogen) atoms. The van der Waals surface area contributed by atoms with Crippen molar-refractivity contribution in [2.24, 2.45) is 0 Å². The van der Waals surface area contributed by atoms with Gasteiger partial charge in [0.1, 0.15) is 0 Å². The molecule has 1 aliphatic heterocycles. The van der Waals surface area contributed by atoms with Crippen LogP contribution in [0.5, 0.6) is 0 Å². The summed E-state index contributed by atoms with van der Waals surface area (Å²) in [6.07, 6.45) is -0.395. The topological polar surface area (TPSA) is 66.4 Å². The van der Waals surface area contributed by atoms with E-state index in [9.17, 15) is 14.7 Å². The molecule has 0 radical (unpaired) electrons. The molecule has 1 aliphatic rings. The molecule has 6 heteroatoms. The van der Waals surface area contributed by atoms with Crippen LogP contribution in [0.15, 0.2) is 36.4 Å². The number of hydrogen-bond donors (Lipinski definition) is 2. The molecule has 0 fully saturated rings. The van der Waals surface area contributed by atoms with Crippen LogP contribution in [0.2, 0.25) is 10.0 Å². The number of carbonyl (C=O) groups excluding carboxylic acids is 2. The number of Topliss-reactive ketones (excluding diaryl/α,β-unsaturated/α-hetero) is 1. The number of fused-ring (bicyclic) bond motifs is 1. The number of anilines is 1. The van der Waals surface area contributed by atoms with Gasteiger partial charge in [-0.1, -0.05) is 61.3 Å². The van der Waals surface area contributed by atoms with E-state index in [4.69, 9.17) is 23.2 Å². The average molecular weight is 378 g/mol. The van der Waals surface area contributed by atoms with E-state index in [2.05, 4.69) is 19.2 Å². The van der Waals surface area contributed by atoms with E-state index in [1.807, 2.05) is 12.1 Å². The maximum absolute atomic E-state index is 12.6. The molecule has 1 heterocycles. The number of aliphatic hydroxyl groups is 1. The monoisotopic (exact) mass is 377 g/mol. The van der Waals surface area contributed by atoms with Crippen molar-refractivity contribution in [1.29, 1.82) is 0 Å². The minimum atomic E-state index is -2.01. The number of amides is 1. The van der Waals surface area contributed by atoms with E-state index in [0.29, 0.717) is 22.2 Å². The quantitative estimate of drug-likeness (QED) is 0.769. The molecule has 2 aromatic carbocycles. The lowest BCUT2D eigenvalue weighted by atomic mass is 9.87. The fourth-order valence-electron chi connectivity index (χ4n) is 2.99. The van der Waals surface area contributed by atoms with Gasteiger partial charge in [-0.15, -0.1) is 0 Å². The molecule has 0 saturated carbocycles. The zero-order valence-electron chi connectivity index (χ0n) is 13.8. The van der Waals surface area contributed by atoms with Crippen molar-refractivity contribution in [2.75, 3.05) is 5.32 Å². The van der Waals surface area contributed by atoms with Crippen molar-refractivity contribution >= 4 is 40.6 Å². The van der Waals surface area contributed by atoms with E-state index in [1.165, 1.54) is 12.1 Å². The largest absolute Gasteiger partial charge is 0.375 e. The van der Waals surface area contributed by atoms with E-state index in [1.54, 1.807) is 12.1 Å². The highest BCUT2D eigenvalue weighted by atomic mass is 35.5. The Hall–Kier alpha value is -1.88. The van der Waals surface area contributed by atoms with Crippen molar-refractivity contribution in [1.82, 2.24) is 0 Å². The van der Waals surface area contributed by atoms with Crippen molar-refractivity contribution in [3.05, 3.63) is 63.1 Å². The zero-order chi connectivity index (χ0) is 18.4. The number of halogens is 2. The van der Waals surface area contributed by atoms with Crippen molar-refractivity contribution in [3.63, 3.8) is 0 Å². The van der Waals surface area contributed by atoms with Crippen molar-refractivity contribution < 1.29 is 14.7 Å². The number of rotatable bonds is 4. The summed E-state index contributed by atoms with van der Waals surface area (Å²) in [7, 11) is 0. The first-order valence-electron chi connectivity index (χ1n) is 7.89. The van der Waals surface area contributed by atoms with Gasteiger partial charge < -0.3 is 10.4 Å². The third kappa shape index (κ3) is 3.17. The maximum Gasteiger partial charge on any atom is 0.261 e. The summed E-state index contributed by atoms with van der Waals surface area (Å²) in [5.41, 5.74) is 0.0508. The Labute approximate surface area is 155 Å². The van der Waals surface area contributed by atoms with Crippen LogP contribution < -0.4 is 5.32 Å². The Bertz CT molecular complexity index is 862. The Kier molecular flexibility index (Phi) is 4.62. The zero-order valence-corrected chi connectivity index (χ0v) is 15.3. The van der Waals surface area contributed by atoms with E-state index in [-0.39, 0.29) is 16.4 Å². The number of hydrogen-bond acceptors (Lipinski definition) is 3. The van der Waals surface area contributed by atoms with Gasteiger partial charge >= 0.3 is 0 Å². The minimum Gasteiger partial charge on any atom is -0.375 e. The van der Waals surface area contributed by atoms with Crippen LogP contribution in [0, 0.1) is 0 Å². The fourth-order valence-corrected chi connectivity index (χ4v) is 3.64. The van der Waals surface area contributed by atoms with E-state index >= 15 is 0 Å². The molecule has 0 bridgehead atoms. The molecule has 2 N–H and O–H groups in total. The standard InChI is InChI=1S/C19H17Cl2NO3/c1-10(2)11-3-5-12(6-4-11)16(23)9-19(25)17-14(21)7-13(20)8-15(17)22-18(19)24/h3-8,10,25H,9H2,1-2H3,(H,22,24)/t19-/m1/s1. The summed E-state index contributed by atoms with van der Waals surface area (Å²) in [6, 6.07) is 10.1. The molecule has 0 unspecified atom stereocenters.